The summed E-state index contributed by atoms with van der Waals surface area (Å²) in [5.74, 6) is 2.84. The first-order valence-electron chi connectivity index (χ1n) is 9.57. The van der Waals surface area contributed by atoms with Crippen molar-refractivity contribution in [2.24, 2.45) is 7.05 Å². The smallest absolute Gasteiger partial charge is 0.193 e. The normalized spacial score (nSPS) is 12.5. The van der Waals surface area contributed by atoms with Gasteiger partial charge in [0.2, 0.25) is 0 Å². The van der Waals surface area contributed by atoms with E-state index in [0.29, 0.717) is 18.2 Å². The van der Waals surface area contributed by atoms with Crippen molar-refractivity contribution in [1.29, 1.82) is 0 Å². The number of ether oxygens (including phenoxy) is 1. The summed E-state index contributed by atoms with van der Waals surface area (Å²) in [5, 5.41) is 26.7. The molecule has 0 fully saturated rings. The van der Waals surface area contributed by atoms with E-state index in [0.717, 1.165) is 27.9 Å². The SMILES string of the molecule is COc1cccc(-n2nnnc2C(NCc2csc3nccn23)c2nnc(C)n2C)c1. The number of hydrogen-bond acceptors (Lipinski definition) is 9. The molecule has 12 heteroatoms. The van der Waals surface area contributed by atoms with Gasteiger partial charge in [-0.25, -0.2) is 4.98 Å². The number of aromatic nitrogens is 9. The van der Waals surface area contributed by atoms with Crippen molar-refractivity contribution >= 4 is 16.3 Å². The van der Waals surface area contributed by atoms with E-state index < -0.39 is 6.04 Å². The maximum Gasteiger partial charge on any atom is 0.193 e. The third-order valence-corrected chi connectivity index (χ3v) is 6.04. The van der Waals surface area contributed by atoms with Crippen LogP contribution in [0, 0.1) is 6.92 Å². The molecule has 158 valence electrons. The van der Waals surface area contributed by atoms with E-state index >= 15 is 0 Å². The Morgan fingerprint density at radius 3 is 2.90 bits per heavy atom. The number of nitrogens with zero attached hydrogens (tertiary/aromatic N) is 9. The second-order valence-corrected chi connectivity index (χ2v) is 7.77. The van der Waals surface area contributed by atoms with Crippen LogP contribution in [-0.2, 0) is 13.6 Å². The van der Waals surface area contributed by atoms with Gasteiger partial charge >= 0.3 is 0 Å². The van der Waals surface area contributed by atoms with E-state index in [2.05, 4.69) is 45.8 Å². The number of hydrogen-bond donors (Lipinski definition) is 1. The number of benzene rings is 1. The Bertz CT molecular complexity index is 1330. The number of thiazole rings is 1. The van der Waals surface area contributed by atoms with Gasteiger partial charge in [-0.1, -0.05) is 6.07 Å². The summed E-state index contributed by atoms with van der Waals surface area (Å²) >= 11 is 1.60. The fraction of sp³-hybridized carbons (Fsp3) is 0.263. The summed E-state index contributed by atoms with van der Waals surface area (Å²) in [4.78, 5) is 5.29. The molecule has 0 radical (unpaired) electrons. The predicted octanol–water partition coefficient (Wildman–Crippen LogP) is 1.70. The second kappa shape index (κ2) is 7.89. The van der Waals surface area contributed by atoms with Crippen molar-refractivity contribution in [3.8, 4) is 11.4 Å². The second-order valence-electron chi connectivity index (χ2n) is 6.94. The molecule has 0 saturated heterocycles. The molecule has 0 aliphatic carbocycles. The van der Waals surface area contributed by atoms with Gasteiger partial charge in [-0.3, -0.25) is 9.72 Å². The third-order valence-electron chi connectivity index (χ3n) is 5.14. The standard InChI is InChI=1S/C19H20N10OS/c1-12-22-23-17(27(12)2)16(21-10-14-11-31-19-20-7-8-28(14)19)18-24-25-26-29(18)13-5-4-6-15(9-13)30-3/h4-9,11,16,21H,10H2,1-3H3. The van der Waals surface area contributed by atoms with Crippen LogP contribution in [0.2, 0.25) is 0 Å². The van der Waals surface area contributed by atoms with Crippen LogP contribution in [0.15, 0.2) is 42.0 Å². The zero-order valence-electron chi connectivity index (χ0n) is 17.2. The van der Waals surface area contributed by atoms with Crippen molar-refractivity contribution in [2.45, 2.75) is 19.5 Å². The summed E-state index contributed by atoms with van der Waals surface area (Å²) in [7, 11) is 3.56. The lowest BCUT2D eigenvalue weighted by molar-refractivity contribution is 0.414. The van der Waals surface area contributed by atoms with Crippen LogP contribution in [0.3, 0.4) is 0 Å². The molecule has 1 N–H and O–H groups in total. The fourth-order valence-corrected chi connectivity index (χ4v) is 4.23. The third kappa shape index (κ3) is 3.45. The first kappa shape index (κ1) is 19.3. The predicted molar refractivity (Wildman–Crippen MR) is 113 cm³/mol. The van der Waals surface area contributed by atoms with Crippen LogP contribution >= 0.6 is 11.3 Å². The van der Waals surface area contributed by atoms with E-state index in [-0.39, 0.29) is 0 Å². The van der Waals surface area contributed by atoms with Gasteiger partial charge in [-0.05, 0) is 29.5 Å². The monoisotopic (exact) mass is 436 g/mol. The van der Waals surface area contributed by atoms with Crippen LogP contribution in [0.4, 0.5) is 0 Å². The highest BCUT2D eigenvalue weighted by molar-refractivity contribution is 7.15. The van der Waals surface area contributed by atoms with Crippen molar-refractivity contribution in [2.75, 3.05) is 7.11 Å². The lowest BCUT2D eigenvalue weighted by Crippen LogP contribution is -2.28. The molecular weight excluding hydrogens is 416 g/mol. The molecule has 1 atom stereocenters. The molecule has 0 spiro atoms. The number of nitrogens with one attached hydrogen (secondary N) is 1. The van der Waals surface area contributed by atoms with Crippen molar-refractivity contribution in [3.63, 3.8) is 0 Å². The number of imidazole rings is 1. The molecule has 5 rings (SSSR count). The molecule has 5 aromatic rings. The minimum Gasteiger partial charge on any atom is -0.497 e. The summed E-state index contributed by atoms with van der Waals surface area (Å²) in [6.45, 7) is 2.48. The first-order chi connectivity index (χ1) is 15.2. The Kier molecular flexibility index (Phi) is 4.92. The molecule has 1 aromatic carbocycles. The Balaban J connectivity index is 1.54. The van der Waals surface area contributed by atoms with Crippen molar-refractivity contribution in [1.82, 2.24) is 49.7 Å². The minimum atomic E-state index is -0.397. The molecule has 0 saturated carbocycles. The maximum absolute atomic E-state index is 5.36. The minimum absolute atomic E-state index is 0.397. The fourth-order valence-electron chi connectivity index (χ4n) is 3.38. The van der Waals surface area contributed by atoms with Gasteiger partial charge in [0.25, 0.3) is 0 Å². The molecule has 4 heterocycles. The Morgan fingerprint density at radius 2 is 2.10 bits per heavy atom. The Morgan fingerprint density at radius 1 is 1.19 bits per heavy atom. The van der Waals surface area contributed by atoms with Gasteiger partial charge in [-0.2, -0.15) is 4.68 Å². The van der Waals surface area contributed by atoms with Gasteiger partial charge in [0, 0.05) is 43.1 Å². The average Bonchev–Trinajstić information content (AvgIpc) is 3.57. The Labute approximate surface area is 181 Å². The van der Waals surface area contributed by atoms with E-state index in [4.69, 9.17) is 4.74 Å². The highest BCUT2D eigenvalue weighted by Gasteiger charge is 2.27. The van der Waals surface area contributed by atoms with E-state index in [1.165, 1.54) is 0 Å². The van der Waals surface area contributed by atoms with Crippen molar-refractivity contribution < 1.29 is 4.74 Å². The highest BCUT2D eigenvalue weighted by atomic mass is 32.1. The number of methoxy groups -OCH3 is 1. The van der Waals surface area contributed by atoms with Crippen LogP contribution in [0.1, 0.15) is 29.2 Å². The molecule has 1 unspecified atom stereocenters. The van der Waals surface area contributed by atoms with E-state index in [1.807, 2.05) is 49.0 Å². The molecule has 0 bridgehead atoms. The molecule has 0 amide bonds. The van der Waals surface area contributed by atoms with Crippen LogP contribution in [0.5, 0.6) is 5.75 Å². The molecule has 31 heavy (non-hydrogen) atoms. The quantitative estimate of drug-likeness (QED) is 0.410. The lowest BCUT2D eigenvalue weighted by atomic mass is 10.2. The maximum atomic E-state index is 5.36. The number of tetrazole rings is 1. The van der Waals surface area contributed by atoms with Gasteiger partial charge in [0.15, 0.2) is 16.6 Å². The lowest BCUT2D eigenvalue weighted by Gasteiger charge is -2.18. The van der Waals surface area contributed by atoms with E-state index in [9.17, 15) is 0 Å². The number of aryl methyl sites for hydroxylation is 1. The highest BCUT2D eigenvalue weighted by Crippen LogP contribution is 2.24. The molecule has 4 aromatic heterocycles. The topological polar surface area (TPSA) is 113 Å². The molecule has 11 nitrogen and oxygen atoms in total. The summed E-state index contributed by atoms with van der Waals surface area (Å²) in [5.41, 5.74) is 1.87. The van der Waals surface area contributed by atoms with Gasteiger partial charge < -0.3 is 9.30 Å². The zero-order chi connectivity index (χ0) is 21.4. The first-order valence-corrected chi connectivity index (χ1v) is 10.4. The summed E-state index contributed by atoms with van der Waals surface area (Å²) in [6, 6.07) is 7.19. The molecular formula is C19H20N10OS. The molecule has 0 aliphatic rings. The Hall–Kier alpha value is -3.64. The summed E-state index contributed by atoms with van der Waals surface area (Å²) in [6.07, 6.45) is 3.74. The van der Waals surface area contributed by atoms with Crippen molar-refractivity contribution in [3.05, 3.63) is 65.2 Å². The average molecular weight is 437 g/mol. The van der Waals surface area contributed by atoms with Crippen LogP contribution in [-0.4, -0.2) is 51.5 Å². The molecule has 0 aliphatic heterocycles. The van der Waals surface area contributed by atoms with E-state index in [1.54, 1.807) is 29.3 Å². The van der Waals surface area contributed by atoms with Gasteiger partial charge in [0.1, 0.15) is 17.6 Å². The largest absolute Gasteiger partial charge is 0.497 e. The number of rotatable bonds is 7. The van der Waals surface area contributed by atoms with Crippen LogP contribution < -0.4 is 10.1 Å². The van der Waals surface area contributed by atoms with Gasteiger partial charge in [0.05, 0.1) is 12.8 Å². The van der Waals surface area contributed by atoms with Crippen LogP contribution in [0.25, 0.3) is 10.6 Å². The summed E-state index contributed by atoms with van der Waals surface area (Å²) < 4.78 is 11.0. The zero-order valence-corrected chi connectivity index (χ0v) is 18.0. The van der Waals surface area contributed by atoms with Gasteiger partial charge in [-0.15, -0.1) is 26.6 Å². The number of fused-ring (bicyclic) bond motifs is 1.